The molecule has 2 aliphatic heterocycles. The number of anilines is 2. The molecule has 2 aliphatic rings. The standard InChI is InChI=1S/2C14H22BNO2/c2*1-6-10-7-8-12(16)11(9-10)15-17-13(2,3)14(4,5)18-15/h2*7-9H,6,16H2,1-5H3. The average Bonchev–Trinajstić information content (AvgIpc) is 3.14. The Morgan fingerprint density at radius 1 is 0.556 bits per heavy atom. The molecule has 0 aliphatic carbocycles. The van der Waals surface area contributed by atoms with Gasteiger partial charge in [-0.3, -0.25) is 0 Å². The molecule has 2 aromatic carbocycles. The smallest absolute Gasteiger partial charge is 0.399 e. The zero-order valence-corrected chi connectivity index (χ0v) is 23.8. The summed E-state index contributed by atoms with van der Waals surface area (Å²) in [6, 6.07) is 12.1. The molecule has 4 rings (SSSR count). The van der Waals surface area contributed by atoms with E-state index >= 15 is 0 Å². The SMILES string of the molecule is CCc1ccc(N)c(B2OC(C)(C)C(C)(C)O2)c1.CCc1ccc(N)c(B2OC(C)(C)C(C)(C)O2)c1. The van der Waals surface area contributed by atoms with Crippen LogP contribution < -0.4 is 22.4 Å². The first-order chi connectivity index (χ1) is 16.5. The van der Waals surface area contributed by atoms with Crippen LogP contribution in [0, 0.1) is 0 Å². The van der Waals surface area contributed by atoms with Crippen LogP contribution in [0.2, 0.25) is 0 Å². The van der Waals surface area contributed by atoms with E-state index in [2.05, 4.69) is 26.0 Å². The molecule has 0 unspecified atom stereocenters. The Morgan fingerprint density at radius 3 is 1.08 bits per heavy atom. The molecule has 36 heavy (non-hydrogen) atoms. The highest BCUT2D eigenvalue weighted by Crippen LogP contribution is 2.38. The lowest BCUT2D eigenvalue weighted by Crippen LogP contribution is -2.41. The summed E-state index contributed by atoms with van der Waals surface area (Å²) in [6.07, 6.45) is 1.96. The van der Waals surface area contributed by atoms with Gasteiger partial charge in [0, 0.05) is 22.3 Å². The van der Waals surface area contributed by atoms with Crippen molar-refractivity contribution in [2.24, 2.45) is 0 Å². The van der Waals surface area contributed by atoms with Crippen molar-refractivity contribution in [3.63, 3.8) is 0 Å². The first-order valence-corrected chi connectivity index (χ1v) is 13.0. The molecule has 0 radical (unpaired) electrons. The highest BCUT2D eigenvalue weighted by Gasteiger charge is 2.53. The van der Waals surface area contributed by atoms with Crippen molar-refractivity contribution in [3.05, 3.63) is 47.5 Å². The Labute approximate surface area is 218 Å². The van der Waals surface area contributed by atoms with Crippen LogP contribution >= 0.6 is 0 Å². The summed E-state index contributed by atoms with van der Waals surface area (Å²) < 4.78 is 24.1. The number of rotatable bonds is 4. The van der Waals surface area contributed by atoms with Crippen LogP contribution in [0.4, 0.5) is 11.4 Å². The van der Waals surface area contributed by atoms with Gasteiger partial charge in [-0.05, 0) is 91.5 Å². The molecule has 0 amide bonds. The van der Waals surface area contributed by atoms with Gasteiger partial charge >= 0.3 is 14.2 Å². The van der Waals surface area contributed by atoms with E-state index in [0.29, 0.717) is 0 Å². The third-order valence-electron chi connectivity index (χ3n) is 8.13. The second kappa shape index (κ2) is 10.1. The maximum atomic E-state index is 6.04. The molecular weight excluding hydrogens is 450 g/mol. The summed E-state index contributed by atoms with van der Waals surface area (Å²) in [5.41, 5.74) is 16.6. The first kappa shape index (κ1) is 28.6. The predicted molar refractivity (Wildman–Crippen MR) is 152 cm³/mol. The molecule has 0 spiro atoms. The number of benzene rings is 2. The van der Waals surface area contributed by atoms with Crippen molar-refractivity contribution in [1.82, 2.24) is 0 Å². The molecule has 2 saturated heterocycles. The Bertz CT molecular complexity index is 968. The monoisotopic (exact) mass is 494 g/mol. The molecule has 8 heteroatoms. The maximum Gasteiger partial charge on any atom is 0.496 e. The fourth-order valence-electron chi connectivity index (χ4n) is 4.04. The van der Waals surface area contributed by atoms with Crippen LogP contribution in [0.3, 0.4) is 0 Å². The zero-order chi connectivity index (χ0) is 27.1. The van der Waals surface area contributed by atoms with Crippen LogP contribution in [-0.2, 0) is 31.5 Å². The summed E-state index contributed by atoms with van der Waals surface area (Å²) in [5.74, 6) is 0. The zero-order valence-electron chi connectivity index (χ0n) is 23.8. The molecule has 0 saturated carbocycles. The number of hydrogen-bond acceptors (Lipinski definition) is 6. The highest BCUT2D eigenvalue weighted by atomic mass is 16.7. The van der Waals surface area contributed by atoms with Crippen LogP contribution in [0.15, 0.2) is 36.4 Å². The fourth-order valence-corrected chi connectivity index (χ4v) is 4.04. The Balaban J connectivity index is 0.000000201. The number of nitrogen functional groups attached to an aromatic ring is 2. The minimum absolute atomic E-state index is 0.327. The minimum Gasteiger partial charge on any atom is -0.399 e. The van der Waals surface area contributed by atoms with Crippen LogP contribution in [0.5, 0.6) is 0 Å². The van der Waals surface area contributed by atoms with E-state index in [0.717, 1.165) is 35.1 Å². The van der Waals surface area contributed by atoms with Crippen molar-refractivity contribution in [2.75, 3.05) is 11.5 Å². The summed E-state index contributed by atoms with van der Waals surface area (Å²) in [4.78, 5) is 0. The topological polar surface area (TPSA) is 89.0 Å². The quantitative estimate of drug-likeness (QED) is 0.488. The van der Waals surface area contributed by atoms with Gasteiger partial charge in [-0.15, -0.1) is 0 Å². The van der Waals surface area contributed by atoms with Crippen molar-refractivity contribution in [2.45, 2.75) is 104 Å². The maximum absolute atomic E-state index is 6.04. The van der Waals surface area contributed by atoms with E-state index in [4.69, 9.17) is 30.1 Å². The lowest BCUT2D eigenvalue weighted by Gasteiger charge is -2.32. The summed E-state index contributed by atoms with van der Waals surface area (Å²) >= 11 is 0. The molecule has 2 fully saturated rings. The third-order valence-corrected chi connectivity index (χ3v) is 8.13. The van der Waals surface area contributed by atoms with Gasteiger partial charge in [0.05, 0.1) is 22.4 Å². The lowest BCUT2D eigenvalue weighted by atomic mass is 9.77. The largest absolute Gasteiger partial charge is 0.496 e. The van der Waals surface area contributed by atoms with E-state index < -0.39 is 0 Å². The van der Waals surface area contributed by atoms with Gasteiger partial charge in [0.2, 0.25) is 0 Å². The van der Waals surface area contributed by atoms with Crippen molar-refractivity contribution >= 4 is 36.5 Å². The molecule has 0 aromatic heterocycles. The van der Waals surface area contributed by atoms with E-state index in [-0.39, 0.29) is 36.6 Å². The van der Waals surface area contributed by atoms with Crippen molar-refractivity contribution in [1.29, 1.82) is 0 Å². The highest BCUT2D eigenvalue weighted by molar-refractivity contribution is 6.64. The molecule has 6 nitrogen and oxygen atoms in total. The normalized spacial score (nSPS) is 21.3. The molecular formula is C28H44B2N2O4. The van der Waals surface area contributed by atoms with Gasteiger partial charge in [0.1, 0.15) is 0 Å². The Morgan fingerprint density at radius 2 is 0.833 bits per heavy atom. The number of hydrogen-bond donors (Lipinski definition) is 2. The van der Waals surface area contributed by atoms with Gasteiger partial charge in [-0.2, -0.15) is 0 Å². The van der Waals surface area contributed by atoms with E-state index in [1.54, 1.807) is 0 Å². The summed E-state index contributed by atoms with van der Waals surface area (Å²) in [7, 11) is -0.747. The van der Waals surface area contributed by atoms with Crippen LogP contribution in [0.25, 0.3) is 0 Å². The molecule has 196 valence electrons. The minimum atomic E-state index is -0.374. The van der Waals surface area contributed by atoms with Gasteiger partial charge in [-0.25, -0.2) is 0 Å². The van der Waals surface area contributed by atoms with Crippen LogP contribution in [0.1, 0.15) is 80.4 Å². The van der Waals surface area contributed by atoms with Crippen LogP contribution in [-0.4, -0.2) is 36.6 Å². The molecule has 4 N–H and O–H groups in total. The first-order valence-electron chi connectivity index (χ1n) is 13.0. The van der Waals surface area contributed by atoms with Gasteiger partial charge in [0.25, 0.3) is 0 Å². The number of aryl methyl sites for hydroxylation is 2. The number of nitrogens with two attached hydrogens (primary N) is 2. The van der Waals surface area contributed by atoms with Gasteiger partial charge in [-0.1, -0.05) is 38.1 Å². The van der Waals surface area contributed by atoms with Crippen molar-refractivity contribution < 1.29 is 18.6 Å². The summed E-state index contributed by atoms with van der Waals surface area (Å²) in [6.45, 7) is 20.6. The average molecular weight is 494 g/mol. The lowest BCUT2D eigenvalue weighted by molar-refractivity contribution is 0.00578. The van der Waals surface area contributed by atoms with E-state index in [1.807, 2.05) is 79.7 Å². The second-order valence-corrected chi connectivity index (χ2v) is 11.8. The second-order valence-electron chi connectivity index (χ2n) is 11.8. The summed E-state index contributed by atoms with van der Waals surface area (Å²) in [5, 5.41) is 0. The van der Waals surface area contributed by atoms with Gasteiger partial charge in [0.15, 0.2) is 0 Å². The predicted octanol–water partition coefficient (Wildman–Crippen LogP) is 4.26. The van der Waals surface area contributed by atoms with E-state index in [9.17, 15) is 0 Å². The Kier molecular flexibility index (Phi) is 7.98. The molecule has 2 aromatic rings. The van der Waals surface area contributed by atoms with Crippen molar-refractivity contribution in [3.8, 4) is 0 Å². The van der Waals surface area contributed by atoms with Gasteiger partial charge < -0.3 is 30.1 Å². The fraction of sp³-hybridized carbons (Fsp3) is 0.571. The molecule has 0 bridgehead atoms. The molecule has 0 atom stereocenters. The van der Waals surface area contributed by atoms with E-state index in [1.165, 1.54) is 11.1 Å². The Hall–Kier alpha value is -1.99. The third kappa shape index (κ3) is 5.62. The molecule has 2 heterocycles.